The Bertz CT molecular complexity index is 522. The van der Waals surface area contributed by atoms with E-state index in [9.17, 15) is 4.79 Å². The highest BCUT2D eigenvalue weighted by molar-refractivity contribution is 9.10. The van der Waals surface area contributed by atoms with Crippen molar-refractivity contribution in [2.75, 3.05) is 0 Å². The summed E-state index contributed by atoms with van der Waals surface area (Å²) in [6, 6.07) is 11.9. The number of amides is 1. The first-order valence-electron chi connectivity index (χ1n) is 4.63. The largest absolute Gasteiger partial charge is 0.369 e. The number of hydrogen-bond acceptors (Lipinski definition) is 1. The first-order chi connectivity index (χ1) is 7.18. The number of carbonyl (C=O) groups is 1. The highest BCUT2D eigenvalue weighted by atomic mass is 79.9. The fraction of sp³-hybridized carbons (Fsp3) is 0.0833. The number of carbonyl (C=O) groups excluding carboxylic acids is 1. The summed E-state index contributed by atoms with van der Waals surface area (Å²) < 4.78 is 0.931. The van der Waals surface area contributed by atoms with E-state index in [-0.39, 0.29) is 12.3 Å². The molecule has 0 aromatic heterocycles. The second-order valence-electron chi connectivity index (χ2n) is 3.39. The minimum atomic E-state index is -0.313. The van der Waals surface area contributed by atoms with E-state index >= 15 is 0 Å². The van der Waals surface area contributed by atoms with Crippen molar-refractivity contribution >= 4 is 32.6 Å². The lowest BCUT2D eigenvalue weighted by Crippen LogP contribution is -2.14. The third-order valence-electron chi connectivity index (χ3n) is 2.33. The molecule has 0 fully saturated rings. The van der Waals surface area contributed by atoms with E-state index < -0.39 is 0 Å². The maximum absolute atomic E-state index is 11.0. The highest BCUT2D eigenvalue weighted by Gasteiger charge is 2.07. The second kappa shape index (κ2) is 4.03. The fourth-order valence-electron chi connectivity index (χ4n) is 1.66. The van der Waals surface area contributed by atoms with Crippen molar-refractivity contribution < 1.29 is 4.79 Å². The zero-order chi connectivity index (χ0) is 10.8. The summed E-state index contributed by atoms with van der Waals surface area (Å²) in [6.45, 7) is 0. The molecule has 2 nitrogen and oxygen atoms in total. The summed E-state index contributed by atoms with van der Waals surface area (Å²) in [5.74, 6) is -0.313. The molecule has 0 aliphatic rings. The van der Waals surface area contributed by atoms with E-state index in [4.69, 9.17) is 5.73 Å². The Morgan fingerprint density at radius 1 is 1.20 bits per heavy atom. The van der Waals surface area contributed by atoms with E-state index in [1.165, 1.54) is 0 Å². The van der Waals surface area contributed by atoms with Crippen LogP contribution in [0, 0.1) is 0 Å². The lowest BCUT2D eigenvalue weighted by molar-refractivity contribution is -0.117. The summed E-state index contributed by atoms with van der Waals surface area (Å²) in [5.41, 5.74) is 6.18. The molecule has 0 heterocycles. The van der Waals surface area contributed by atoms with Gasteiger partial charge in [-0.05, 0) is 22.4 Å². The monoisotopic (exact) mass is 263 g/mol. The Kier molecular flexibility index (Phi) is 2.73. The van der Waals surface area contributed by atoms with E-state index in [1.54, 1.807) is 0 Å². The molecule has 0 saturated heterocycles. The Morgan fingerprint density at radius 3 is 2.67 bits per heavy atom. The average molecular weight is 264 g/mol. The molecule has 2 aromatic rings. The molecule has 2 rings (SSSR count). The maximum Gasteiger partial charge on any atom is 0.221 e. The van der Waals surface area contributed by atoms with Crippen molar-refractivity contribution in [2.24, 2.45) is 5.73 Å². The second-order valence-corrected chi connectivity index (χ2v) is 4.24. The smallest absolute Gasteiger partial charge is 0.221 e. The van der Waals surface area contributed by atoms with Gasteiger partial charge in [0.2, 0.25) is 5.91 Å². The van der Waals surface area contributed by atoms with Crippen molar-refractivity contribution in [1.82, 2.24) is 0 Å². The number of primary amides is 1. The SMILES string of the molecule is NC(=O)Cc1c(Br)ccc2ccccc12. The first-order valence-corrected chi connectivity index (χ1v) is 5.42. The van der Waals surface area contributed by atoms with Crippen LogP contribution < -0.4 is 5.73 Å². The van der Waals surface area contributed by atoms with Crippen molar-refractivity contribution in [3.63, 3.8) is 0 Å². The molecule has 2 aromatic carbocycles. The van der Waals surface area contributed by atoms with Crippen LogP contribution in [0.3, 0.4) is 0 Å². The van der Waals surface area contributed by atoms with Gasteiger partial charge in [0.05, 0.1) is 6.42 Å². The van der Waals surface area contributed by atoms with Crippen molar-refractivity contribution in [3.05, 3.63) is 46.4 Å². The fourth-order valence-corrected chi connectivity index (χ4v) is 2.15. The van der Waals surface area contributed by atoms with Gasteiger partial charge in [-0.25, -0.2) is 0 Å². The Labute approximate surface area is 96.2 Å². The zero-order valence-electron chi connectivity index (χ0n) is 8.03. The molecule has 0 bridgehead atoms. The van der Waals surface area contributed by atoms with Gasteiger partial charge in [-0.1, -0.05) is 46.3 Å². The molecular weight excluding hydrogens is 254 g/mol. The molecule has 0 aliphatic carbocycles. The number of fused-ring (bicyclic) bond motifs is 1. The van der Waals surface area contributed by atoms with Crippen LogP contribution in [-0.2, 0) is 11.2 Å². The number of nitrogens with two attached hydrogens (primary N) is 1. The first kappa shape index (κ1) is 10.2. The lowest BCUT2D eigenvalue weighted by atomic mass is 10.0. The molecule has 0 saturated carbocycles. The summed E-state index contributed by atoms with van der Waals surface area (Å²) in [4.78, 5) is 11.0. The molecule has 0 unspecified atom stereocenters. The normalized spacial score (nSPS) is 10.5. The third kappa shape index (κ3) is 2.02. The number of benzene rings is 2. The van der Waals surface area contributed by atoms with Crippen molar-refractivity contribution in [3.8, 4) is 0 Å². The van der Waals surface area contributed by atoms with Crippen molar-refractivity contribution in [1.29, 1.82) is 0 Å². The summed E-state index contributed by atoms with van der Waals surface area (Å²) in [5, 5.41) is 2.20. The van der Waals surface area contributed by atoms with E-state index in [1.807, 2.05) is 36.4 Å². The predicted octanol–water partition coefficient (Wildman–Crippen LogP) is 2.63. The van der Waals surface area contributed by atoms with Crippen LogP contribution in [-0.4, -0.2) is 5.91 Å². The van der Waals surface area contributed by atoms with Crippen LogP contribution in [0.15, 0.2) is 40.9 Å². The van der Waals surface area contributed by atoms with Gasteiger partial charge < -0.3 is 5.73 Å². The van der Waals surface area contributed by atoms with Gasteiger partial charge >= 0.3 is 0 Å². The molecule has 3 heteroatoms. The zero-order valence-corrected chi connectivity index (χ0v) is 9.62. The molecule has 76 valence electrons. The van der Waals surface area contributed by atoms with Gasteiger partial charge in [0.1, 0.15) is 0 Å². The minimum absolute atomic E-state index is 0.266. The Morgan fingerprint density at radius 2 is 1.93 bits per heavy atom. The van der Waals surface area contributed by atoms with E-state index in [2.05, 4.69) is 15.9 Å². The van der Waals surface area contributed by atoms with Crippen LogP contribution in [0.5, 0.6) is 0 Å². The quantitative estimate of drug-likeness (QED) is 0.890. The van der Waals surface area contributed by atoms with Crippen molar-refractivity contribution in [2.45, 2.75) is 6.42 Å². The predicted molar refractivity (Wildman–Crippen MR) is 64.5 cm³/mol. The molecule has 15 heavy (non-hydrogen) atoms. The highest BCUT2D eigenvalue weighted by Crippen LogP contribution is 2.26. The summed E-state index contributed by atoms with van der Waals surface area (Å²) in [6.07, 6.45) is 0.266. The van der Waals surface area contributed by atoms with Crippen LogP contribution in [0.2, 0.25) is 0 Å². The molecule has 0 spiro atoms. The number of rotatable bonds is 2. The summed E-state index contributed by atoms with van der Waals surface area (Å²) in [7, 11) is 0. The van der Waals surface area contributed by atoms with Crippen LogP contribution in [0.25, 0.3) is 10.8 Å². The van der Waals surface area contributed by atoms with Crippen LogP contribution >= 0.6 is 15.9 Å². The third-order valence-corrected chi connectivity index (χ3v) is 3.08. The van der Waals surface area contributed by atoms with Gasteiger partial charge in [0.25, 0.3) is 0 Å². The lowest BCUT2D eigenvalue weighted by Gasteiger charge is -2.07. The standard InChI is InChI=1S/C12H10BrNO/c13-11-6-5-8-3-1-2-4-9(8)10(11)7-12(14)15/h1-6H,7H2,(H2,14,15). The number of halogens is 1. The molecule has 0 atom stereocenters. The molecular formula is C12H10BrNO. The molecule has 0 radical (unpaired) electrons. The van der Waals surface area contributed by atoms with Gasteiger partial charge in [-0.3, -0.25) is 4.79 Å². The van der Waals surface area contributed by atoms with Crippen LogP contribution in [0.1, 0.15) is 5.56 Å². The summed E-state index contributed by atoms with van der Waals surface area (Å²) >= 11 is 3.44. The van der Waals surface area contributed by atoms with Gasteiger partial charge in [-0.2, -0.15) is 0 Å². The van der Waals surface area contributed by atoms with Gasteiger partial charge in [0.15, 0.2) is 0 Å². The number of hydrogen-bond donors (Lipinski definition) is 1. The average Bonchev–Trinajstić information content (AvgIpc) is 2.22. The van der Waals surface area contributed by atoms with Crippen LogP contribution in [0.4, 0.5) is 0 Å². The van der Waals surface area contributed by atoms with E-state index in [0.717, 1.165) is 20.8 Å². The molecule has 2 N–H and O–H groups in total. The van der Waals surface area contributed by atoms with Gasteiger partial charge in [0, 0.05) is 4.47 Å². The molecule has 1 amide bonds. The maximum atomic E-state index is 11.0. The van der Waals surface area contributed by atoms with E-state index in [0.29, 0.717) is 0 Å². The molecule has 0 aliphatic heterocycles. The Hall–Kier alpha value is -1.35. The minimum Gasteiger partial charge on any atom is -0.369 e. The topological polar surface area (TPSA) is 43.1 Å². The van der Waals surface area contributed by atoms with Gasteiger partial charge in [-0.15, -0.1) is 0 Å². The Balaban J connectivity index is 2.68.